The number of rotatable bonds is 2. The SMILES string of the molecule is CNC(=O)c1ccc(N=C(N)N=C(N)N)cc1Cl. The van der Waals surface area contributed by atoms with Crippen LogP contribution in [-0.4, -0.2) is 24.9 Å². The van der Waals surface area contributed by atoms with Gasteiger partial charge in [-0.1, -0.05) is 11.6 Å². The van der Waals surface area contributed by atoms with Gasteiger partial charge in [-0.2, -0.15) is 4.99 Å². The van der Waals surface area contributed by atoms with Gasteiger partial charge in [0.25, 0.3) is 5.91 Å². The Kier molecular flexibility index (Phi) is 4.50. The van der Waals surface area contributed by atoms with Crippen molar-refractivity contribution in [1.82, 2.24) is 5.32 Å². The molecule has 18 heavy (non-hydrogen) atoms. The van der Waals surface area contributed by atoms with Crippen LogP contribution >= 0.6 is 11.6 Å². The lowest BCUT2D eigenvalue weighted by atomic mass is 10.2. The molecule has 0 aromatic heterocycles. The predicted molar refractivity (Wildman–Crippen MR) is 71.9 cm³/mol. The van der Waals surface area contributed by atoms with E-state index in [0.717, 1.165) is 0 Å². The molecule has 0 saturated heterocycles. The van der Waals surface area contributed by atoms with Gasteiger partial charge in [0.15, 0.2) is 5.96 Å². The first-order valence-electron chi connectivity index (χ1n) is 4.89. The third-order valence-corrected chi connectivity index (χ3v) is 2.22. The van der Waals surface area contributed by atoms with Crippen LogP contribution in [0.4, 0.5) is 5.69 Å². The van der Waals surface area contributed by atoms with Crippen LogP contribution in [0.5, 0.6) is 0 Å². The first-order chi connectivity index (χ1) is 8.43. The molecule has 0 radical (unpaired) electrons. The van der Waals surface area contributed by atoms with E-state index < -0.39 is 0 Å². The van der Waals surface area contributed by atoms with Crippen molar-refractivity contribution in [3.63, 3.8) is 0 Å². The van der Waals surface area contributed by atoms with Gasteiger partial charge in [0.05, 0.1) is 16.3 Å². The van der Waals surface area contributed by atoms with E-state index in [1.165, 1.54) is 19.2 Å². The fraction of sp³-hybridized carbons (Fsp3) is 0.100. The van der Waals surface area contributed by atoms with E-state index in [4.69, 9.17) is 28.8 Å². The van der Waals surface area contributed by atoms with Crippen LogP contribution in [0.1, 0.15) is 10.4 Å². The van der Waals surface area contributed by atoms with E-state index in [0.29, 0.717) is 11.3 Å². The highest BCUT2D eigenvalue weighted by Gasteiger charge is 2.08. The number of hydrogen-bond donors (Lipinski definition) is 4. The number of carbonyl (C=O) groups is 1. The molecule has 96 valence electrons. The van der Waals surface area contributed by atoms with Crippen molar-refractivity contribution >= 4 is 35.1 Å². The van der Waals surface area contributed by atoms with Crippen LogP contribution in [0.25, 0.3) is 0 Å². The summed E-state index contributed by atoms with van der Waals surface area (Å²) < 4.78 is 0. The maximum atomic E-state index is 11.4. The maximum Gasteiger partial charge on any atom is 0.252 e. The highest BCUT2D eigenvalue weighted by molar-refractivity contribution is 6.34. The molecule has 1 rings (SSSR count). The molecule has 0 saturated carbocycles. The Morgan fingerprint density at radius 2 is 2.00 bits per heavy atom. The van der Waals surface area contributed by atoms with E-state index >= 15 is 0 Å². The van der Waals surface area contributed by atoms with Crippen molar-refractivity contribution < 1.29 is 4.79 Å². The summed E-state index contributed by atoms with van der Waals surface area (Å²) in [6.07, 6.45) is 0. The first-order valence-corrected chi connectivity index (χ1v) is 5.27. The number of carbonyl (C=O) groups excluding carboxylic acids is 1. The summed E-state index contributed by atoms with van der Waals surface area (Å²) in [6.45, 7) is 0. The molecule has 0 atom stereocenters. The van der Waals surface area contributed by atoms with E-state index in [1.807, 2.05) is 0 Å². The average Bonchev–Trinajstić information content (AvgIpc) is 2.27. The van der Waals surface area contributed by atoms with E-state index in [1.54, 1.807) is 6.07 Å². The van der Waals surface area contributed by atoms with Gasteiger partial charge in [-0.15, -0.1) is 0 Å². The molecule has 0 aliphatic carbocycles. The van der Waals surface area contributed by atoms with Crippen molar-refractivity contribution in [3.8, 4) is 0 Å². The standard InChI is InChI=1S/C10H13ClN6O/c1-15-8(18)6-3-2-5(4-7(6)11)16-10(14)17-9(12)13/h2-4H,1H3,(H,15,18)(H6,12,13,14,16,17). The number of guanidine groups is 2. The van der Waals surface area contributed by atoms with Crippen LogP contribution in [0.3, 0.4) is 0 Å². The number of amides is 1. The highest BCUT2D eigenvalue weighted by atomic mass is 35.5. The number of halogens is 1. The third kappa shape index (κ3) is 3.63. The van der Waals surface area contributed by atoms with Crippen molar-refractivity contribution in [2.24, 2.45) is 27.2 Å². The summed E-state index contributed by atoms with van der Waals surface area (Å²) in [4.78, 5) is 18.9. The number of nitrogens with one attached hydrogen (secondary N) is 1. The minimum absolute atomic E-state index is 0.0984. The van der Waals surface area contributed by atoms with Gasteiger partial charge in [-0.3, -0.25) is 4.79 Å². The van der Waals surface area contributed by atoms with E-state index in [-0.39, 0.29) is 22.8 Å². The molecule has 0 fully saturated rings. The number of nitrogens with zero attached hydrogens (tertiary/aromatic N) is 2. The second-order valence-electron chi connectivity index (χ2n) is 3.25. The molecule has 1 aromatic carbocycles. The fourth-order valence-corrected chi connectivity index (χ4v) is 1.44. The number of benzene rings is 1. The van der Waals surface area contributed by atoms with Gasteiger partial charge >= 0.3 is 0 Å². The smallest absolute Gasteiger partial charge is 0.252 e. The van der Waals surface area contributed by atoms with Gasteiger partial charge in [0.1, 0.15) is 0 Å². The number of nitrogens with two attached hydrogens (primary N) is 3. The average molecular weight is 269 g/mol. The lowest BCUT2D eigenvalue weighted by Crippen LogP contribution is -2.26. The predicted octanol–water partition coefficient (Wildman–Crippen LogP) is -0.0808. The molecule has 0 aliphatic rings. The first kappa shape index (κ1) is 13.8. The maximum absolute atomic E-state index is 11.4. The Hall–Kier alpha value is -2.28. The molecular formula is C10H13ClN6O. The zero-order chi connectivity index (χ0) is 13.7. The summed E-state index contributed by atoms with van der Waals surface area (Å²) in [7, 11) is 1.52. The second kappa shape index (κ2) is 5.87. The monoisotopic (exact) mass is 268 g/mol. The van der Waals surface area contributed by atoms with Crippen LogP contribution in [-0.2, 0) is 0 Å². The Balaban J connectivity index is 3.05. The zero-order valence-corrected chi connectivity index (χ0v) is 10.4. The summed E-state index contributed by atoms with van der Waals surface area (Å²) in [5.41, 5.74) is 16.5. The molecule has 8 heteroatoms. The van der Waals surface area contributed by atoms with Crippen molar-refractivity contribution in [1.29, 1.82) is 0 Å². The van der Waals surface area contributed by atoms with Gasteiger partial charge in [0, 0.05) is 7.05 Å². The fourth-order valence-electron chi connectivity index (χ4n) is 1.18. The third-order valence-electron chi connectivity index (χ3n) is 1.91. The zero-order valence-electron chi connectivity index (χ0n) is 9.64. The summed E-state index contributed by atoms with van der Waals surface area (Å²) in [6, 6.07) is 4.59. The van der Waals surface area contributed by atoms with Crippen LogP contribution in [0.15, 0.2) is 28.2 Å². The largest absolute Gasteiger partial charge is 0.370 e. The Morgan fingerprint density at radius 3 is 2.50 bits per heavy atom. The molecule has 0 aliphatic heterocycles. The van der Waals surface area contributed by atoms with Crippen LogP contribution in [0, 0.1) is 0 Å². The molecule has 1 aromatic rings. The molecule has 0 bridgehead atoms. The summed E-state index contributed by atoms with van der Waals surface area (Å²) in [5, 5.41) is 2.73. The number of hydrogen-bond acceptors (Lipinski definition) is 2. The van der Waals surface area contributed by atoms with Crippen molar-refractivity contribution in [2.75, 3.05) is 7.05 Å². The topological polar surface area (TPSA) is 132 Å². The minimum atomic E-state index is -0.285. The Morgan fingerprint density at radius 1 is 1.33 bits per heavy atom. The number of aliphatic imine (C=N–C) groups is 2. The summed E-state index contributed by atoms with van der Waals surface area (Å²) >= 11 is 5.94. The molecule has 7 nitrogen and oxygen atoms in total. The molecular weight excluding hydrogens is 256 g/mol. The molecule has 7 N–H and O–H groups in total. The van der Waals surface area contributed by atoms with E-state index in [2.05, 4.69) is 15.3 Å². The molecule has 0 heterocycles. The summed E-state index contributed by atoms with van der Waals surface area (Å²) in [5.74, 6) is -0.573. The van der Waals surface area contributed by atoms with Crippen LogP contribution in [0.2, 0.25) is 5.02 Å². The quantitative estimate of drug-likeness (QED) is 0.441. The minimum Gasteiger partial charge on any atom is -0.370 e. The normalized spacial score (nSPS) is 10.9. The Bertz CT molecular complexity index is 521. The molecule has 0 unspecified atom stereocenters. The van der Waals surface area contributed by atoms with Gasteiger partial charge in [0.2, 0.25) is 5.96 Å². The molecule has 1 amide bonds. The lowest BCUT2D eigenvalue weighted by molar-refractivity contribution is 0.0963. The lowest BCUT2D eigenvalue weighted by Gasteiger charge is -2.03. The van der Waals surface area contributed by atoms with Crippen LogP contribution < -0.4 is 22.5 Å². The second-order valence-corrected chi connectivity index (χ2v) is 3.66. The van der Waals surface area contributed by atoms with Gasteiger partial charge < -0.3 is 22.5 Å². The van der Waals surface area contributed by atoms with Gasteiger partial charge in [-0.25, -0.2) is 4.99 Å². The van der Waals surface area contributed by atoms with Gasteiger partial charge in [-0.05, 0) is 18.2 Å². The Labute approximate surface area is 109 Å². The molecule has 0 spiro atoms. The van der Waals surface area contributed by atoms with E-state index in [9.17, 15) is 4.79 Å². The van der Waals surface area contributed by atoms with Crippen molar-refractivity contribution in [3.05, 3.63) is 28.8 Å². The highest BCUT2D eigenvalue weighted by Crippen LogP contribution is 2.22. The van der Waals surface area contributed by atoms with Crippen molar-refractivity contribution in [2.45, 2.75) is 0 Å².